The first kappa shape index (κ1) is 24.0. The molecule has 0 aliphatic rings. The summed E-state index contributed by atoms with van der Waals surface area (Å²) >= 11 is 0. The Labute approximate surface area is 193 Å². The quantitative estimate of drug-likeness (QED) is 0.379. The summed E-state index contributed by atoms with van der Waals surface area (Å²) in [5, 5.41) is 6.29. The fraction of sp³-hybridized carbons (Fsp3) is 0.125. The summed E-state index contributed by atoms with van der Waals surface area (Å²) in [5.41, 5.74) is 2.55. The number of fused-ring (bicyclic) bond motifs is 1. The second-order valence-corrected chi connectivity index (χ2v) is 7.71. The van der Waals surface area contributed by atoms with Crippen LogP contribution in [0.3, 0.4) is 0 Å². The van der Waals surface area contributed by atoms with Crippen LogP contribution in [0.25, 0.3) is 21.9 Å². The van der Waals surface area contributed by atoms with Gasteiger partial charge in [0, 0.05) is 17.4 Å². The fourth-order valence-electron chi connectivity index (χ4n) is 3.83. The molecule has 11 heteroatoms. The third kappa shape index (κ3) is 4.75. The van der Waals surface area contributed by atoms with Crippen molar-refractivity contribution in [1.29, 1.82) is 0 Å². The van der Waals surface area contributed by atoms with Gasteiger partial charge < -0.3 is 5.73 Å². The average Bonchev–Trinajstić information content (AvgIpc) is 2.79. The molecule has 1 amide bonds. The number of aromatic amines is 1. The molecule has 3 aromatic carbocycles. The largest absolute Gasteiger partial charge is 0.416 e. The molecular weight excluding hydrogens is 476 g/mol. The molecule has 0 aliphatic heterocycles. The summed E-state index contributed by atoms with van der Waals surface area (Å²) in [5.74, 6) is -0.970. The summed E-state index contributed by atoms with van der Waals surface area (Å²) in [7, 11) is 0. The molecule has 0 atom stereocenters. The number of amides is 1. The number of carbonyl (C=O) groups is 1. The maximum Gasteiger partial charge on any atom is 0.416 e. The molecule has 0 spiro atoms. The molecule has 0 aliphatic carbocycles. The molecule has 1 aromatic heterocycles. The zero-order valence-corrected chi connectivity index (χ0v) is 17.6. The van der Waals surface area contributed by atoms with E-state index < -0.39 is 34.9 Å². The Morgan fingerprint density at radius 1 is 0.886 bits per heavy atom. The lowest BCUT2D eigenvalue weighted by atomic mass is 9.94. The van der Waals surface area contributed by atoms with Crippen molar-refractivity contribution in [3.8, 4) is 11.1 Å². The SMILES string of the molecule is NC(=O)c1ccc(C(F)(F)F)cc1-c1ccc2c(Cc3ccccc3C(F)(F)F)n[nH]c(=O)c2c1. The minimum atomic E-state index is -4.69. The highest BCUT2D eigenvalue weighted by atomic mass is 19.4. The minimum absolute atomic E-state index is 0.0233. The number of nitrogens with two attached hydrogens (primary N) is 1. The molecule has 0 unspecified atom stereocenters. The van der Waals surface area contributed by atoms with Crippen LogP contribution in [0.4, 0.5) is 26.3 Å². The number of primary amides is 1. The van der Waals surface area contributed by atoms with Gasteiger partial charge in [-0.3, -0.25) is 9.59 Å². The summed E-state index contributed by atoms with van der Waals surface area (Å²) < 4.78 is 79.9. The first-order valence-electron chi connectivity index (χ1n) is 10.0. The van der Waals surface area contributed by atoms with Crippen molar-refractivity contribution in [3.05, 3.63) is 99.0 Å². The lowest BCUT2D eigenvalue weighted by Gasteiger charge is -2.14. The Morgan fingerprint density at radius 2 is 1.60 bits per heavy atom. The Bertz CT molecular complexity index is 1510. The van der Waals surface area contributed by atoms with Crippen LogP contribution in [-0.2, 0) is 18.8 Å². The molecule has 0 fully saturated rings. The van der Waals surface area contributed by atoms with Gasteiger partial charge in [0.05, 0.1) is 22.2 Å². The smallest absolute Gasteiger partial charge is 0.366 e. The summed E-state index contributed by atoms with van der Waals surface area (Å²) in [6, 6.07) is 11.3. The highest BCUT2D eigenvalue weighted by molar-refractivity contribution is 6.01. The van der Waals surface area contributed by atoms with E-state index in [4.69, 9.17) is 5.73 Å². The van der Waals surface area contributed by atoms with Gasteiger partial charge in [-0.2, -0.15) is 31.4 Å². The Balaban J connectivity index is 1.87. The molecule has 0 saturated heterocycles. The second kappa shape index (κ2) is 8.57. The van der Waals surface area contributed by atoms with E-state index >= 15 is 0 Å². The monoisotopic (exact) mass is 491 g/mol. The molecular formula is C24H15F6N3O2. The van der Waals surface area contributed by atoms with Gasteiger partial charge in [0.15, 0.2) is 0 Å². The van der Waals surface area contributed by atoms with Crippen molar-refractivity contribution in [3.63, 3.8) is 0 Å². The Morgan fingerprint density at radius 3 is 2.26 bits per heavy atom. The van der Waals surface area contributed by atoms with E-state index in [1.165, 1.54) is 36.4 Å². The highest BCUT2D eigenvalue weighted by Gasteiger charge is 2.33. The zero-order chi connectivity index (χ0) is 25.5. The molecule has 4 rings (SSSR count). The number of H-pyrrole nitrogens is 1. The van der Waals surface area contributed by atoms with Gasteiger partial charge in [0.1, 0.15) is 0 Å². The number of nitrogens with one attached hydrogen (secondary N) is 1. The normalized spacial score (nSPS) is 12.2. The number of benzene rings is 3. The van der Waals surface area contributed by atoms with E-state index in [-0.39, 0.29) is 45.1 Å². The van der Waals surface area contributed by atoms with E-state index in [2.05, 4.69) is 10.2 Å². The number of rotatable bonds is 4. The van der Waals surface area contributed by atoms with E-state index in [9.17, 15) is 35.9 Å². The number of aromatic nitrogens is 2. The van der Waals surface area contributed by atoms with Crippen LogP contribution in [0.2, 0.25) is 0 Å². The first-order valence-corrected chi connectivity index (χ1v) is 10.0. The number of hydrogen-bond donors (Lipinski definition) is 2. The van der Waals surface area contributed by atoms with Gasteiger partial charge in [0.25, 0.3) is 5.56 Å². The number of halogens is 6. The van der Waals surface area contributed by atoms with Crippen LogP contribution in [0.5, 0.6) is 0 Å². The summed E-state index contributed by atoms with van der Waals surface area (Å²) in [4.78, 5) is 24.3. The number of carbonyl (C=O) groups excluding carboxylic acids is 1. The van der Waals surface area contributed by atoms with Gasteiger partial charge in [-0.05, 0) is 47.0 Å². The zero-order valence-electron chi connectivity index (χ0n) is 17.6. The lowest BCUT2D eigenvalue weighted by Crippen LogP contribution is -2.15. The topological polar surface area (TPSA) is 88.8 Å². The van der Waals surface area contributed by atoms with Crippen LogP contribution in [0.15, 0.2) is 65.5 Å². The fourth-order valence-corrected chi connectivity index (χ4v) is 3.83. The Kier molecular flexibility index (Phi) is 5.87. The van der Waals surface area contributed by atoms with Crippen LogP contribution in [0, 0.1) is 0 Å². The van der Waals surface area contributed by atoms with Gasteiger partial charge in [-0.1, -0.05) is 30.3 Å². The van der Waals surface area contributed by atoms with Crippen molar-refractivity contribution < 1.29 is 31.1 Å². The number of nitrogens with zero attached hydrogens (tertiary/aromatic N) is 1. The van der Waals surface area contributed by atoms with Crippen molar-refractivity contribution >= 4 is 16.7 Å². The number of alkyl halides is 6. The highest BCUT2D eigenvalue weighted by Crippen LogP contribution is 2.36. The van der Waals surface area contributed by atoms with Gasteiger partial charge in [-0.15, -0.1) is 0 Å². The molecule has 0 bridgehead atoms. The average molecular weight is 491 g/mol. The molecule has 35 heavy (non-hydrogen) atoms. The maximum atomic E-state index is 13.4. The van der Waals surface area contributed by atoms with E-state index in [1.54, 1.807) is 0 Å². The third-order valence-electron chi connectivity index (χ3n) is 5.47. The molecule has 1 heterocycles. The van der Waals surface area contributed by atoms with E-state index in [0.717, 1.165) is 24.3 Å². The van der Waals surface area contributed by atoms with E-state index in [0.29, 0.717) is 0 Å². The molecule has 0 saturated carbocycles. The molecule has 0 radical (unpaired) electrons. The predicted molar refractivity (Wildman–Crippen MR) is 116 cm³/mol. The summed E-state index contributed by atoms with van der Waals surface area (Å²) in [6.45, 7) is 0. The van der Waals surface area contributed by atoms with Crippen molar-refractivity contribution in [2.24, 2.45) is 5.73 Å². The maximum absolute atomic E-state index is 13.4. The minimum Gasteiger partial charge on any atom is -0.366 e. The van der Waals surface area contributed by atoms with Crippen LogP contribution in [0.1, 0.15) is 32.7 Å². The van der Waals surface area contributed by atoms with Crippen molar-refractivity contribution in [2.75, 3.05) is 0 Å². The van der Waals surface area contributed by atoms with Crippen LogP contribution < -0.4 is 11.3 Å². The number of hydrogen-bond acceptors (Lipinski definition) is 3. The van der Waals surface area contributed by atoms with Gasteiger partial charge in [-0.25, -0.2) is 5.10 Å². The molecule has 4 aromatic rings. The van der Waals surface area contributed by atoms with Crippen molar-refractivity contribution in [2.45, 2.75) is 18.8 Å². The summed E-state index contributed by atoms with van der Waals surface area (Å²) in [6.07, 6.45) is -9.56. The van der Waals surface area contributed by atoms with Crippen molar-refractivity contribution in [1.82, 2.24) is 10.2 Å². The van der Waals surface area contributed by atoms with Gasteiger partial charge in [0.2, 0.25) is 5.91 Å². The molecule has 180 valence electrons. The molecule has 3 N–H and O–H groups in total. The first-order chi connectivity index (χ1) is 16.4. The Hall–Kier alpha value is -4.15. The molecule has 5 nitrogen and oxygen atoms in total. The third-order valence-corrected chi connectivity index (χ3v) is 5.47. The lowest BCUT2D eigenvalue weighted by molar-refractivity contribution is -0.138. The second-order valence-electron chi connectivity index (χ2n) is 7.71. The van der Waals surface area contributed by atoms with Gasteiger partial charge >= 0.3 is 12.4 Å². The predicted octanol–water partition coefficient (Wildman–Crippen LogP) is 5.32. The van der Waals surface area contributed by atoms with Crippen LogP contribution >= 0.6 is 0 Å². The van der Waals surface area contributed by atoms with Crippen LogP contribution in [-0.4, -0.2) is 16.1 Å². The van der Waals surface area contributed by atoms with E-state index in [1.807, 2.05) is 0 Å². The standard InChI is InChI=1S/C24H15F6N3O2/c25-23(26,27)14-6-8-16(21(31)34)17(11-14)12-5-7-15-18(9-12)22(35)33-32-20(15)10-13-3-1-2-4-19(13)24(28,29)30/h1-9,11H,10H2,(H2,31,34)(H,33,35).